The van der Waals surface area contributed by atoms with E-state index in [1.165, 1.54) is 17.0 Å². The minimum absolute atomic E-state index is 0.0810. The van der Waals surface area contributed by atoms with Crippen LogP contribution in [0.15, 0.2) is 22.7 Å². The minimum Gasteiger partial charge on any atom is -0.336 e. The fourth-order valence-electron chi connectivity index (χ4n) is 2.22. The Hall–Kier alpha value is -1.08. The van der Waals surface area contributed by atoms with Crippen LogP contribution in [-0.2, 0) is 6.18 Å². The number of rotatable bonds is 1. The molecule has 1 heterocycles. The molecule has 0 saturated carbocycles. The van der Waals surface area contributed by atoms with E-state index in [1.54, 1.807) is 0 Å². The van der Waals surface area contributed by atoms with Crippen molar-refractivity contribution in [2.45, 2.75) is 19.1 Å². The van der Waals surface area contributed by atoms with Gasteiger partial charge in [0.1, 0.15) is 0 Å². The third kappa shape index (κ3) is 3.32. The van der Waals surface area contributed by atoms with Crippen LogP contribution in [0.25, 0.3) is 0 Å². The van der Waals surface area contributed by atoms with Crippen LogP contribution < -0.4 is 5.32 Å². The maximum atomic E-state index is 13.0. The van der Waals surface area contributed by atoms with Gasteiger partial charge < -0.3 is 10.2 Å². The van der Waals surface area contributed by atoms with Crippen LogP contribution in [0.2, 0.25) is 0 Å². The van der Waals surface area contributed by atoms with Gasteiger partial charge in [-0.15, -0.1) is 0 Å². The molecule has 1 unspecified atom stereocenters. The topological polar surface area (TPSA) is 32.3 Å². The Kier molecular flexibility index (Phi) is 4.39. The molecule has 0 aliphatic carbocycles. The lowest BCUT2D eigenvalue weighted by atomic mass is 10.0. The monoisotopic (exact) mass is 350 g/mol. The van der Waals surface area contributed by atoms with Gasteiger partial charge in [0, 0.05) is 30.1 Å². The molecular weight excluding hydrogens is 337 g/mol. The lowest BCUT2D eigenvalue weighted by molar-refractivity contribution is -0.138. The number of halogens is 4. The van der Waals surface area contributed by atoms with Crippen LogP contribution in [0, 0.1) is 0 Å². The Morgan fingerprint density at radius 1 is 1.45 bits per heavy atom. The lowest BCUT2D eigenvalue weighted by Gasteiger charge is -2.32. The number of carbonyl (C=O) groups excluding carboxylic acids is 1. The highest BCUT2D eigenvalue weighted by Gasteiger charge is 2.36. The van der Waals surface area contributed by atoms with E-state index in [0.29, 0.717) is 24.1 Å². The molecule has 0 bridgehead atoms. The average Bonchev–Trinajstić information content (AvgIpc) is 2.37. The molecule has 0 spiro atoms. The van der Waals surface area contributed by atoms with Gasteiger partial charge in [-0.25, -0.2) is 0 Å². The first-order valence-electron chi connectivity index (χ1n) is 6.18. The summed E-state index contributed by atoms with van der Waals surface area (Å²) in [6, 6.07) is 3.70. The molecule has 1 saturated heterocycles. The van der Waals surface area contributed by atoms with Crippen LogP contribution in [0.5, 0.6) is 0 Å². The molecule has 1 amide bonds. The quantitative estimate of drug-likeness (QED) is 0.844. The van der Waals surface area contributed by atoms with Crippen molar-refractivity contribution in [2.24, 2.45) is 0 Å². The Morgan fingerprint density at radius 2 is 2.15 bits per heavy atom. The zero-order valence-electron chi connectivity index (χ0n) is 10.8. The highest BCUT2D eigenvalue weighted by molar-refractivity contribution is 9.10. The predicted octanol–water partition coefficient (Wildman–Crippen LogP) is 2.90. The predicted molar refractivity (Wildman–Crippen MR) is 72.5 cm³/mol. The molecular formula is C13H14BrF3N2O. The van der Waals surface area contributed by atoms with Gasteiger partial charge >= 0.3 is 6.18 Å². The Morgan fingerprint density at radius 3 is 2.75 bits per heavy atom. The van der Waals surface area contributed by atoms with Crippen molar-refractivity contribution in [2.75, 3.05) is 19.6 Å². The first-order valence-corrected chi connectivity index (χ1v) is 6.97. The first kappa shape index (κ1) is 15.3. The van der Waals surface area contributed by atoms with Crippen molar-refractivity contribution in [1.29, 1.82) is 0 Å². The molecule has 1 aromatic rings. The van der Waals surface area contributed by atoms with Gasteiger partial charge in [0.05, 0.1) is 11.1 Å². The number of nitrogens with one attached hydrogen (secondary N) is 1. The van der Waals surface area contributed by atoms with Gasteiger partial charge in [0.15, 0.2) is 0 Å². The molecule has 0 aromatic heterocycles. The minimum atomic E-state index is -4.55. The summed E-state index contributed by atoms with van der Waals surface area (Å²) in [5, 5.41) is 3.15. The standard InChI is InChI=1S/C13H14BrF3N2O/c1-8-7-19(5-4-18-8)12(20)10-3-2-9(14)6-11(10)13(15,16)17/h2-3,6,8,18H,4-5,7H2,1H3. The van der Waals surface area contributed by atoms with Gasteiger partial charge in [-0.1, -0.05) is 15.9 Å². The van der Waals surface area contributed by atoms with E-state index in [4.69, 9.17) is 0 Å². The second kappa shape index (κ2) is 5.73. The summed E-state index contributed by atoms with van der Waals surface area (Å²) in [4.78, 5) is 13.8. The number of piperazine rings is 1. The number of hydrogen-bond donors (Lipinski definition) is 1. The van der Waals surface area contributed by atoms with E-state index < -0.39 is 17.6 Å². The maximum absolute atomic E-state index is 13.0. The van der Waals surface area contributed by atoms with E-state index in [9.17, 15) is 18.0 Å². The van der Waals surface area contributed by atoms with E-state index in [-0.39, 0.29) is 11.6 Å². The molecule has 110 valence electrons. The van der Waals surface area contributed by atoms with Crippen molar-refractivity contribution < 1.29 is 18.0 Å². The second-order valence-corrected chi connectivity index (χ2v) is 5.71. The molecule has 20 heavy (non-hydrogen) atoms. The number of benzene rings is 1. The lowest BCUT2D eigenvalue weighted by Crippen LogP contribution is -2.51. The number of amides is 1. The summed E-state index contributed by atoms with van der Waals surface area (Å²) in [7, 11) is 0. The van der Waals surface area contributed by atoms with Gasteiger partial charge in [-0.3, -0.25) is 4.79 Å². The Labute approximate surface area is 123 Å². The average molecular weight is 351 g/mol. The number of carbonyl (C=O) groups is 1. The highest BCUT2D eigenvalue weighted by atomic mass is 79.9. The van der Waals surface area contributed by atoms with Crippen molar-refractivity contribution in [1.82, 2.24) is 10.2 Å². The SMILES string of the molecule is CC1CN(C(=O)c2ccc(Br)cc2C(F)(F)F)CCN1. The van der Waals surface area contributed by atoms with Gasteiger partial charge in [-0.2, -0.15) is 13.2 Å². The van der Waals surface area contributed by atoms with Crippen molar-refractivity contribution in [3.05, 3.63) is 33.8 Å². The van der Waals surface area contributed by atoms with Crippen LogP contribution in [0.3, 0.4) is 0 Å². The van der Waals surface area contributed by atoms with Gasteiger partial charge in [0.25, 0.3) is 5.91 Å². The van der Waals surface area contributed by atoms with E-state index in [2.05, 4.69) is 21.2 Å². The van der Waals surface area contributed by atoms with E-state index in [1.807, 2.05) is 6.92 Å². The van der Waals surface area contributed by atoms with Crippen LogP contribution in [0.1, 0.15) is 22.8 Å². The molecule has 1 aromatic carbocycles. The summed E-state index contributed by atoms with van der Waals surface area (Å²) in [6.45, 7) is 3.30. The third-order valence-corrected chi connectivity index (χ3v) is 3.67. The maximum Gasteiger partial charge on any atom is 0.417 e. The smallest absolute Gasteiger partial charge is 0.336 e. The zero-order chi connectivity index (χ0) is 14.9. The van der Waals surface area contributed by atoms with Crippen molar-refractivity contribution >= 4 is 21.8 Å². The van der Waals surface area contributed by atoms with Crippen molar-refractivity contribution in [3.8, 4) is 0 Å². The van der Waals surface area contributed by atoms with E-state index in [0.717, 1.165) is 6.07 Å². The fraction of sp³-hybridized carbons (Fsp3) is 0.462. The van der Waals surface area contributed by atoms with Gasteiger partial charge in [-0.05, 0) is 25.1 Å². The summed E-state index contributed by atoms with van der Waals surface area (Å²) in [6.07, 6.45) is -4.55. The Bertz CT molecular complexity index is 519. The summed E-state index contributed by atoms with van der Waals surface area (Å²) in [5.74, 6) is -0.571. The fourth-order valence-corrected chi connectivity index (χ4v) is 2.59. The molecule has 1 fully saturated rings. The van der Waals surface area contributed by atoms with Gasteiger partial charge in [0.2, 0.25) is 0 Å². The number of nitrogens with zero attached hydrogens (tertiary/aromatic N) is 1. The Balaban J connectivity index is 2.34. The molecule has 7 heteroatoms. The number of hydrogen-bond acceptors (Lipinski definition) is 2. The molecule has 1 N–H and O–H groups in total. The first-order chi connectivity index (χ1) is 9.29. The third-order valence-electron chi connectivity index (χ3n) is 3.17. The van der Waals surface area contributed by atoms with E-state index >= 15 is 0 Å². The molecule has 2 rings (SSSR count). The largest absolute Gasteiger partial charge is 0.417 e. The normalized spacial score (nSPS) is 20.1. The molecule has 1 aliphatic heterocycles. The van der Waals surface area contributed by atoms with Crippen molar-refractivity contribution in [3.63, 3.8) is 0 Å². The molecule has 1 atom stereocenters. The van der Waals surface area contributed by atoms with Crippen LogP contribution >= 0.6 is 15.9 Å². The van der Waals surface area contributed by atoms with Crippen LogP contribution in [-0.4, -0.2) is 36.5 Å². The summed E-state index contributed by atoms with van der Waals surface area (Å²) < 4.78 is 39.4. The summed E-state index contributed by atoms with van der Waals surface area (Å²) in [5.41, 5.74) is -1.20. The summed E-state index contributed by atoms with van der Waals surface area (Å²) >= 11 is 3.01. The second-order valence-electron chi connectivity index (χ2n) is 4.79. The number of alkyl halides is 3. The molecule has 0 radical (unpaired) electrons. The molecule has 1 aliphatic rings. The highest BCUT2D eigenvalue weighted by Crippen LogP contribution is 2.34. The van der Waals surface area contributed by atoms with Crippen LogP contribution in [0.4, 0.5) is 13.2 Å². The zero-order valence-corrected chi connectivity index (χ0v) is 12.4. The molecule has 3 nitrogen and oxygen atoms in total.